The van der Waals surface area contributed by atoms with Gasteiger partial charge < -0.3 is 15.2 Å². The highest BCUT2D eigenvalue weighted by Crippen LogP contribution is 2.33. The quantitative estimate of drug-likeness (QED) is 0.711. The number of aromatic nitrogens is 2. The normalized spacial score (nSPS) is 15.7. The van der Waals surface area contributed by atoms with Crippen molar-refractivity contribution in [3.8, 4) is 5.75 Å². The van der Waals surface area contributed by atoms with Crippen molar-refractivity contribution >= 4 is 11.9 Å². The lowest BCUT2D eigenvalue weighted by molar-refractivity contribution is -0.141. The molecule has 1 aromatic heterocycles. The van der Waals surface area contributed by atoms with Crippen LogP contribution in [0.3, 0.4) is 0 Å². The van der Waals surface area contributed by atoms with Crippen LogP contribution in [0, 0.1) is 5.92 Å². The van der Waals surface area contributed by atoms with Gasteiger partial charge >= 0.3 is 5.97 Å². The van der Waals surface area contributed by atoms with E-state index in [-0.39, 0.29) is 18.9 Å². The van der Waals surface area contributed by atoms with Crippen LogP contribution in [0.2, 0.25) is 0 Å². The number of rotatable bonds is 8. The number of methoxy groups -OCH3 is 1. The van der Waals surface area contributed by atoms with Gasteiger partial charge in [-0.15, -0.1) is 0 Å². The van der Waals surface area contributed by atoms with E-state index >= 15 is 0 Å². The summed E-state index contributed by atoms with van der Waals surface area (Å²) in [6.45, 7) is 0.0468. The van der Waals surface area contributed by atoms with Gasteiger partial charge in [0.05, 0.1) is 24.3 Å². The van der Waals surface area contributed by atoms with Crippen molar-refractivity contribution in [1.29, 1.82) is 0 Å². The van der Waals surface area contributed by atoms with Gasteiger partial charge in [0, 0.05) is 25.7 Å². The van der Waals surface area contributed by atoms with Gasteiger partial charge in [-0.1, -0.05) is 37.5 Å². The zero-order chi connectivity index (χ0) is 20.8. The van der Waals surface area contributed by atoms with Crippen molar-refractivity contribution in [1.82, 2.24) is 15.1 Å². The minimum Gasteiger partial charge on any atom is -0.496 e. The lowest BCUT2D eigenvalue weighted by Crippen LogP contribution is -2.34. The van der Waals surface area contributed by atoms with E-state index in [1.807, 2.05) is 25.2 Å². The summed E-state index contributed by atoms with van der Waals surface area (Å²) in [5.74, 6) is -1.00. The second-order valence-corrected chi connectivity index (χ2v) is 7.70. The number of nitrogens with one attached hydrogen (secondary N) is 1. The molecule has 156 valence electrons. The lowest BCUT2D eigenvalue weighted by atomic mass is 9.85. The number of carbonyl (C=O) groups excluding carboxylic acids is 1. The van der Waals surface area contributed by atoms with Crippen LogP contribution in [-0.4, -0.2) is 40.4 Å². The van der Waals surface area contributed by atoms with Gasteiger partial charge in [0.2, 0.25) is 0 Å². The average Bonchev–Trinajstić information content (AvgIpc) is 3.13. The summed E-state index contributed by atoms with van der Waals surface area (Å²) in [4.78, 5) is 24.6. The highest BCUT2D eigenvalue weighted by Gasteiger charge is 2.26. The average molecular weight is 399 g/mol. The molecular weight excluding hydrogens is 370 g/mol. The molecule has 1 aliphatic rings. The predicted octanol–water partition coefficient (Wildman–Crippen LogP) is 3.15. The van der Waals surface area contributed by atoms with Crippen LogP contribution in [-0.2, 0) is 18.3 Å². The highest BCUT2D eigenvalue weighted by molar-refractivity contribution is 5.95. The molecule has 0 spiro atoms. The number of carboxylic acids is 1. The van der Waals surface area contributed by atoms with Gasteiger partial charge in [-0.25, -0.2) is 0 Å². The fourth-order valence-electron chi connectivity index (χ4n) is 4.05. The Morgan fingerprint density at radius 1 is 1.28 bits per heavy atom. The summed E-state index contributed by atoms with van der Waals surface area (Å²) < 4.78 is 6.98. The van der Waals surface area contributed by atoms with Gasteiger partial charge in [0.25, 0.3) is 5.91 Å². The fraction of sp³-hybridized carbons (Fsp3) is 0.500. The molecule has 2 aromatic rings. The first-order chi connectivity index (χ1) is 14.0. The van der Waals surface area contributed by atoms with Crippen molar-refractivity contribution in [2.75, 3.05) is 13.7 Å². The molecule has 29 heavy (non-hydrogen) atoms. The van der Waals surface area contributed by atoms with E-state index in [9.17, 15) is 14.7 Å². The molecule has 0 bridgehead atoms. The Labute approximate surface area is 171 Å². The molecule has 1 saturated carbocycles. The van der Waals surface area contributed by atoms with Crippen LogP contribution in [0.1, 0.15) is 59.6 Å². The van der Waals surface area contributed by atoms with Crippen LogP contribution in [0.4, 0.5) is 0 Å². The van der Waals surface area contributed by atoms with E-state index in [0.717, 1.165) is 36.9 Å². The summed E-state index contributed by atoms with van der Waals surface area (Å²) in [6.07, 6.45) is 7.64. The molecule has 3 rings (SSSR count). The number of nitrogens with zero attached hydrogens (tertiary/aromatic N) is 2. The number of aryl methyl sites for hydroxylation is 1. The molecular formula is C22H29N3O4. The smallest absolute Gasteiger partial charge is 0.308 e. The number of aliphatic carboxylic acids is 1. The highest BCUT2D eigenvalue weighted by atomic mass is 16.5. The minimum atomic E-state index is -0.949. The van der Waals surface area contributed by atoms with Crippen molar-refractivity contribution in [2.45, 2.75) is 44.4 Å². The van der Waals surface area contributed by atoms with Crippen molar-refractivity contribution in [3.63, 3.8) is 0 Å². The fourth-order valence-corrected chi connectivity index (χ4v) is 4.05. The Morgan fingerprint density at radius 3 is 2.69 bits per heavy atom. The van der Waals surface area contributed by atoms with Crippen molar-refractivity contribution in [2.24, 2.45) is 13.0 Å². The Hall–Kier alpha value is -2.83. The molecule has 1 unspecified atom stereocenters. The van der Waals surface area contributed by atoms with Gasteiger partial charge in [-0.3, -0.25) is 14.3 Å². The third kappa shape index (κ3) is 5.16. The van der Waals surface area contributed by atoms with Crippen LogP contribution in [0.25, 0.3) is 0 Å². The number of para-hydroxylation sites is 1. The van der Waals surface area contributed by atoms with E-state index in [1.54, 1.807) is 24.1 Å². The van der Waals surface area contributed by atoms with E-state index < -0.39 is 11.9 Å². The number of ether oxygens (including phenoxy) is 1. The minimum absolute atomic E-state index is 0.0468. The lowest BCUT2D eigenvalue weighted by Gasteiger charge is -2.21. The maximum Gasteiger partial charge on any atom is 0.308 e. The number of benzene rings is 1. The van der Waals surface area contributed by atoms with E-state index in [4.69, 9.17) is 4.74 Å². The molecule has 2 N–H and O–H groups in total. The van der Waals surface area contributed by atoms with Crippen LogP contribution in [0.5, 0.6) is 5.75 Å². The molecule has 7 heteroatoms. The molecule has 1 aromatic carbocycles. The maximum atomic E-state index is 12.8. The molecule has 1 fully saturated rings. The Morgan fingerprint density at radius 2 is 2.00 bits per heavy atom. The molecule has 7 nitrogen and oxygen atoms in total. The summed E-state index contributed by atoms with van der Waals surface area (Å²) in [7, 11) is 3.37. The van der Waals surface area contributed by atoms with Crippen LogP contribution >= 0.6 is 0 Å². The van der Waals surface area contributed by atoms with Gasteiger partial charge in [0.1, 0.15) is 5.75 Å². The largest absolute Gasteiger partial charge is 0.496 e. The summed E-state index contributed by atoms with van der Waals surface area (Å²) in [5.41, 5.74) is 2.20. The third-order valence-electron chi connectivity index (χ3n) is 5.61. The standard InChI is InChI=1S/C22H29N3O4/c1-25-14-18(20(24-25)15-8-4-3-5-9-15)21(26)23-13-17(22(27)28)12-16-10-6-7-11-19(16)29-2/h6-7,10-11,14-15,17H,3-5,8-9,12-13H2,1-2H3,(H,23,26)(H,27,28). The number of carboxylic acid groups (broad SMARTS) is 1. The topological polar surface area (TPSA) is 93.5 Å². The molecule has 0 radical (unpaired) electrons. The van der Waals surface area contributed by atoms with E-state index in [1.165, 1.54) is 6.42 Å². The molecule has 0 aliphatic heterocycles. The number of hydrogen-bond donors (Lipinski definition) is 2. The number of amides is 1. The van der Waals surface area contributed by atoms with E-state index in [2.05, 4.69) is 10.4 Å². The summed E-state index contributed by atoms with van der Waals surface area (Å²) in [6, 6.07) is 7.34. The Bertz CT molecular complexity index is 855. The number of carbonyl (C=O) groups is 2. The first-order valence-electron chi connectivity index (χ1n) is 10.2. The van der Waals surface area contributed by atoms with E-state index in [0.29, 0.717) is 17.2 Å². The maximum absolute atomic E-state index is 12.8. The van der Waals surface area contributed by atoms with Crippen molar-refractivity contribution in [3.05, 3.63) is 47.3 Å². The van der Waals surface area contributed by atoms with Gasteiger partial charge in [-0.05, 0) is 30.9 Å². The van der Waals surface area contributed by atoms with Gasteiger partial charge in [-0.2, -0.15) is 5.10 Å². The molecule has 1 aliphatic carbocycles. The zero-order valence-corrected chi connectivity index (χ0v) is 17.1. The van der Waals surface area contributed by atoms with Crippen molar-refractivity contribution < 1.29 is 19.4 Å². The zero-order valence-electron chi connectivity index (χ0n) is 17.1. The Kier molecular flexibility index (Phi) is 6.90. The van der Waals surface area contributed by atoms with Crippen LogP contribution < -0.4 is 10.1 Å². The second kappa shape index (κ2) is 9.58. The second-order valence-electron chi connectivity index (χ2n) is 7.70. The predicted molar refractivity (Wildman–Crippen MR) is 109 cm³/mol. The summed E-state index contributed by atoms with van der Waals surface area (Å²) >= 11 is 0. The number of hydrogen-bond acceptors (Lipinski definition) is 4. The first kappa shape index (κ1) is 20.9. The molecule has 1 atom stereocenters. The molecule has 1 amide bonds. The molecule has 0 saturated heterocycles. The molecule has 1 heterocycles. The van der Waals surface area contributed by atoms with Crippen LogP contribution in [0.15, 0.2) is 30.5 Å². The monoisotopic (exact) mass is 399 g/mol. The first-order valence-corrected chi connectivity index (χ1v) is 10.2. The third-order valence-corrected chi connectivity index (χ3v) is 5.61. The Balaban J connectivity index is 1.69. The SMILES string of the molecule is COc1ccccc1CC(CNC(=O)c1cn(C)nc1C1CCCCC1)C(=O)O. The summed E-state index contributed by atoms with van der Waals surface area (Å²) in [5, 5.41) is 17.0. The van der Waals surface area contributed by atoms with Gasteiger partial charge in [0.15, 0.2) is 0 Å².